The van der Waals surface area contributed by atoms with E-state index in [1.807, 2.05) is 20.0 Å². The molecule has 0 aliphatic carbocycles. The van der Waals surface area contributed by atoms with E-state index in [2.05, 4.69) is 25.2 Å². The summed E-state index contributed by atoms with van der Waals surface area (Å²) in [6, 6.07) is 5.21. The number of hydrogen-bond donors (Lipinski definition) is 1. The molecule has 0 amide bonds. The molecule has 0 saturated carbocycles. The zero-order valence-corrected chi connectivity index (χ0v) is 9.76. The normalized spacial score (nSPS) is 14.1. The third-order valence-corrected chi connectivity index (χ3v) is 2.73. The highest BCUT2D eigenvalue weighted by molar-refractivity contribution is 5.56. The van der Waals surface area contributed by atoms with Gasteiger partial charge in [-0.3, -0.25) is 0 Å². The topological polar surface area (TPSA) is 12.0 Å². The molecule has 82 valence electrons. The van der Waals surface area contributed by atoms with E-state index < -0.39 is 0 Å². The van der Waals surface area contributed by atoms with Crippen LogP contribution >= 0.6 is 0 Å². The van der Waals surface area contributed by atoms with E-state index in [9.17, 15) is 4.39 Å². The first-order valence-electron chi connectivity index (χ1n) is 5.16. The fourth-order valence-corrected chi connectivity index (χ4v) is 1.40. The van der Waals surface area contributed by atoms with E-state index in [-0.39, 0.29) is 5.82 Å². The molecular weight excluding hydrogens is 189 g/mol. The molecule has 15 heavy (non-hydrogen) atoms. The van der Waals surface area contributed by atoms with Crippen molar-refractivity contribution in [2.75, 3.05) is 7.05 Å². The lowest BCUT2D eigenvalue weighted by molar-refractivity contribution is 0.626. The third kappa shape index (κ3) is 3.17. The summed E-state index contributed by atoms with van der Waals surface area (Å²) in [5.41, 5.74) is 3.29. The van der Waals surface area contributed by atoms with Gasteiger partial charge >= 0.3 is 0 Å². The van der Waals surface area contributed by atoms with Crippen molar-refractivity contribution in [1.82, 2.24) is 5.32 Å². The Morgan fingerprint density at radius 2 is 2.13 bits per heavy atom. The van der Waals surface area contributed by atoms with Gasteiger partial charge in [0.15, 0.2) is 0 Å². The largest absolute Gasteiger partial charge is 0.314 e. The first-order chi connectivity index (χ1) is 7.04. The standard InChI is InChI=1S/C13H18FN/c1-9(11(3)15-4)7-12-5-6-13(14)8-10(12)2/h5-8,11,15H,1-4H3/b9-7+. The third-order valence-electron chi connectivity index (χ3n) is 2.73. The molecule has 0 aliphatic rings. The number of rotatable bonds is 3. The van der Waals surface area contributed by atoms with E-state index >= 15 is 0 Å². The zero-order valence-electron chi connectivity index (χ0n) is 9.76. The van der Waals surface area contributed by atoms with Crippen LogP contribution in [0.2, 0.25) is 0 Å². The van der Waals surface area contributed by atoms with Gasteiger partial charge in [-0.05, 0) is 51.1 Å². The first kappa shape index (κ1) is 11.9. The Hall–Kier alpha value is -1.15. The number of likely N-dealkylation sites (N-methyl/N-ethyl adjacent to an activating group) is 1. The Kier molecular flexibility index (Phi) is 4.04. The molecule has 1 rings (SSSR count). The number of aryl methyl sites for hydroxylation is 1. The molecule has 1 nitrogen and oxygen atoms in total. The molecule has 0 aliphatic heterocycles. The summed E-state index contributed by atoms with van der Waals surface area (Å²) < 4.78 is 12.9. The second-order valence-corrected chi connectivity index (χ2v) is 3.90. The molecular formula is C13H18FN. The van der Waals surface area contributed by atoms with Crippen LogP contribution in [0.3, 0.4) is 0 Å². The lowest BCUT2D eigenvalue weighted by Gasteiger charge is -2.11. The van der Waals surface area contributed by atoms with Gasteiger partial charge in [-0.2, -0.15) is 0 Å². The van der Waals surface area contributed by atoms with Crippen molar-refractivity contribution in [3.05, 3.63) is 40.7 Å². The minimum Gasteiger partial charge on any atom is -0.314 e. The minimum absolute atomic E-state index is 0.177. The summed E-state index contributed by atoms with van der Waals surface area (Å²) in [5, 5.41) is 3.17. The lowest BCUT2D eigenvalue weighted by Crippen LogP contribution is -2.22. The van der Waals surface area contributed by atoms with E-state index in [0.29, 0.717) is 6.04 Å². The molecule has 0 bridgehead atoms. The summed E-state index contributed by atoms with van der Waals surface area (Å²) >= 11 is 0. The fraction of sp³-hybridized carbons (Fsp3) is 0.385. The van der Waals surface area contributed by atoms with Gasteiger partial charge in [-0.15, -0.1) is 0 Å². The van der Waals surface area contributed by atoms with Gasteiger partial charge in [0.1, 0.15) is 5.82 Å². The second kappa shape index (κ2) is 5.08. The molecule has 1 aromatic carbocycles. The maximum absolute atomic E-state index is 12.9. The van der Waals surface area contributed by atoms with E-state index in [4.69, 9.17) is 0 Å². The van der Waals surface area contributed by atoms with Crippen molar-refractivity contribution in [2.45, 2.75) is 26.8 Å². The SMILES string of the molecule is CNC(C)/C(C)=C/c1ccc(F)cc1C. The number of hydrogen-bond acceptors (Lipinski definition) is 1. The van der Waals surface area contributed by atoms with Gasteiger partial charge < -0.3 is 5.32 Å². The Morgan fingerprint density at radius 3 is 2.67 bits per heavy atom. The van der Waals surface area contributed by atoms with Crippen LogP contribution in [0.1, 0.15) is 25.0 Å². The molecule has 0 heterocycles. The predicted octanol–water partition coefficient (Wildman–Crippen LogP) is 3.15. The maximum atomic E-state index is 12.9. The highest BCUT2D eigenvalue weighted by Crippen LogP contribution is 2.15. The molecule has 1 N–H and O–H groups in total. The highest BCUT2D eigenvalue weighted by atomic mass is 19.1. The molecule has 0 fully saturated rings. The average Bonchev–Trinajstić information content (AvgIpc) is 2.20. The lowest BCUT2D eigenvalue weighted by atomic mass is 10.0. The molecule has 0 saturated heterocycles. The summed E-state index contributed by atoms with van der Waals surface area (Å²) in [7, 11) is 1.93. The van der Waals surface area contributed by atoms with Crippen LogP contribution in [0.25, 0.3) is 6.08 Å². The van der Waals surface area contributed by atoms with Gasteiger partial charge in [0.2, 0.25) is 0 Å². The molecule has 1 unspecified atom stereocenters. The summed E-state index contributed by atoms with van der Waals surface area (Å²) in [6.45, 7) is 6.10. The molecule has 2 heteroatoms. The summed E-state index contributed by atoms with van der Waals surface area (Å²) in [4.78, 5) is 0. The predicted molar refractivity (Wildman–Crippen MR) is 63.3 cm³/mol. The Morgan fingerprint density at radius 1 is 1.47 bits per heavy atom. The molecule has 0 aromatic heterocycles. The quantitative estimate of drug-likeness (QED) is 0.803. The Labute approximate surface area is 91.0 Å². The fourth-order valence-electron chi connectivity index (χ4n) is 1.40. The molecule has 0 spiro atoms. The zero-order chi connectivity index (χ0) is 11.4. The van der Waals surface area contributed by atoms with Gasteiger partial charge in [-0.1, -0.05) is 17.7 Å². The monoisotopic (exact) mass is 207 g/mol. The smallest absolute Gasteiger partial charge is 0.123 e. The Balaban J connectivity index is 2.98. The Bertz CT molecular complexity index is 369. The van der Waals surface area contributed by atoms with Crippen molar-refractivity contribution in [3.8, 4) is 0 Å². The van der Waals surface area contributed by atoms with Crippen molar-refractivity contribution < 1.29 is 4.39 Å². The van der Waals surface area contributed by atoms with Gasteiger partial charge in [0.25, 0.3) is 0 Å². The van der Waals surface area contributed by atoms with Crippen LogP contribution in [0.15, 0.2) is 23.8 Å². The minimum atomic E-state index is -0.177. The summed E-state index contributed by atoms with van der Waals surface area (Å²) in [5.74, 6) is -0.177. The molecule has 0 radical (unpaired) electrons. The van der Waals surface area contributed by atoms with Gasteiger partial charge in [-0.25, -0.2) is 4.39 Å². The van der Waals surface area contributed by atoms with Crippen LogP contribution in [0.5, 0.6) is 0 Å². The van der Waals surface area contributed by atoms with Crippen LogP contribution in [-0.4, -0.2) is 13.1 Å². The maximum Gasteiger partial charge on any atom is 0.123 e. The van der Waals surface area contributed by atoms with E-state index in [1.54, 1.807) is 6.07 Å². The van der Waals surface area contributed by atoms with Crippen molar-refractivity contribution >= 4 is 6.08 Å². The van der Waals surface area contributed by atoms with Gasteiger partial charge in [0.05, 0.1) is 0 Å². The van der Waals surface area contributed by atoms with Crippen LogP contribution in [0.4, 0.5) is 4.39 Å². The summed E-state index contributed by atoms with van der Waals surface area (Å²) in [6.07, 6.45) is 2.09. The number of halogens is 1. The average molecular weight is 207 g/mol. The number of nitrogens with one attached hydrogen (secondary N) is 1. The van der Waals surface area contributed by atoms with Crippen molar-refractivity contribution in [2.24, 2.45) is 0 Å². The molecule has 1 atom stereocenters. The van der Waals surface area contributed by atoms with Crippen LogP contribution in [0, 0.1) is 12.7 Å². The van der Waals surface area contributed by atoms with E-state index in [0.717, 1.165) is 11.1 Å². The van der Waals surface area contributed by atoms with Gasteiger partial charge in [0, 0.05) is 6.04 Å². The highest BCUT2D eigenvalue weighted by Gasteiger charge is 2.02. The molecule has 1 aromatic rings. The second-order valence-electron chi connectivity index (χ2n) is 3.90. The first-order valence-corrected chi connectivity index (χ1v) is 5.16. The van der Waals surface area contributed by atoms with Crippen LogP contribution in [-0.2, 0) is 0 Å². The van der Waals surface area contributed by atoms with Crippen molar-refractivity contribution in [3.63, 3.8) is 0 Å². The number of benzene rings is 1. The van der Waals surface area contributed by atoms with E-state index in [1.165, 1.54) is 11.6 Å². The van der Waals surface area contributed by atoms with Crippen molar-refractivity contribution in [1.29, 1.82) is 0 Å². The van der Waals surface area contributed by atoms with Crippen LogP contribution < -0.4 is 5.32 Å².